The van der Waals surface area contributed by atoms with Crippen LogP contribution in [-0.4, -0.2) is 11.1 Å². The first-order valence-corrected chi connectivity index (χ1v) is 5.02. The third-order valence-electron chi connectivity index (χ3n) is 2.24. The van der Waals surface area contributed by atoms with Gasteiger partial charge in [0.2, 0.25) is 11.6 Å². The smallest absolute Gasteiger partial charge is 0.372 e. The lowest BCUT2D eigenvalue weighted by atomic mass is 10.1. The van der Waals surface area contributed by atoms with E-state index in [0.717, 1.165) is 6.07 Å². The zero-order valence-corrected chi connectivity index (χ0v) is 9.56. The van der Waals surface area contributed by atoms with E-state index in [1.807, 2.05) is 0 Å². The van der Waals surface area contributed by atoms with Gasteiger partial charge in [-0.05, 0) is 28.9 Å². The lowest BCUT2D eigenvalue weighted by Gasteiger charge is -1.97. The molecule has 0 spiro atoms. The van der Waals surface area contributed by atoms with E-state index >= 15 is 0 Å². The zero-order chi connectivity index (χ0) is 12.0. The zero-order valence-electron chi connectivity index (χ0n) is 7.97. The Bertz CT molecular complexity index is 604. The molecule has 0 atom stereocenters. The summed E-state index contributed by atoms with van der Waals surface area (Å²) in [5.41, 5.74) is -0.130. The Morgan fingerprint density at radius 3 is 2.69 bits per heavy atom. The number of carboxylic acids is 1. The number of halogens is 3. The summed E-state index contributed by atoms with van der Waals surface area (Å²) in [4.78, 5) is 10.8. The molecule has 0 aliphatic rings. The van der Waals surface area contributed by atoms with Gasteiger partial charge in [0.25, 0.3) is 0 Å². The Balaban J connectivity index is 2.96. The van der Waals surface area contributed by atoms with E-state index in [0.29, 0.717) is 0 Å². The standard InChI is InChI=1S/C10H5BrF2O3/c1-3-6-4(11)2-5(12)7(13)9(6)16-8(3)10(14)15/h2H,1H3,(H,14,15). The molecule has 0 saturated heterocycles. The average molecular weight is 291 g/mol. The molecule has 0 amide bonds. The summed E-state index contributed by atoms with van der Waals surface area (Å²) in [5, 5.41) is 9.03. The monoisotopic (exact) mass is 290 g/mol. The van der Waals surface area contributed by atoms with Crippen LogP contribution in [0.4, 0.5) is 8.78 Å². The lowest BCUT2D eigenvalue weighted by molar-refractivity contribution is 0.0663. The number of rotatable bonds is 1. The Hall–Kier alpha value is -1.43. The minimum Gasteiger partial charge on any atom is -0.475 e. The van der Waals surface area contributed by atoms with Crippen LogP contribution in [0.2, 0.25) is 0 Å². The fraction of sp³-hybridized carbons (Fsp3) is 0.100. The second-order valence-electron chi connectivity index (χ2n) is 3.22. The van der Waals surface area contributed by atoms with E-state index in [1.54, 1.807) is 0 Å². The van der Waals surface area contributed by atoms with Crippen LogP contribution in [0.5, 0.6) is 0 Å². The third-order valence-corrected chi connectivity index (χ3v) is 2.87. The van der Waals surface area contributed by atoms with Crippen molar-refractivity contribution >= 4 is 32.9 Å². The molecule has 3 nitrogen and oxygen atoms in total. The first-order chi connectivity index (χ1) is 7.43. The normalized spacial score (nSPS) is 11.0. The number of furan rings is 1. The minimum atomic E-state index is -1.32. The molecule has 2 aromatic rings. The number of aryl methyl sites for hydroxylation is 1. The van der Waals surface area contributed by atoms with Crippen molar-refractivity contribution < 1.29 is 23.1 Å². The summed E-state index contributed by atoms with van der Waals surface area (Å²) in [6.07, 6.45) is 0. The maximum Gasteiger partial charge on any atom is 0.372 e. The molecule has 2 rings (SSSR count). The van der Waals surface area contributed by atoms with Crippen LogP contribution in [-0.2, 0) is 0 Å². The van der Waals surface area contributed by atoms with Crippen molar-refractivity contribution in [2.75, 3.05) is 0 Å². The van der Waals surface area contributed by atoms with Gasteiger partial charge in [0.15, 0.2) is 11.4 Å². The van der Waals surface area contributed by atoms with E-state index in [1.165, 1.54) is 6.92 Å². The van der Waals surface area contributed by atoms with Gasteiger partial charge in [-0.15, -0.1) is 0 Å². The fourth-order valence-corrected chi connectivity index (χ4v) is 2.19. The molecule has 6 heteroatoms. The van der Waals surface area contributed by atoms with E-state index in [2.05, 4.69) is 15.9 Å². The van der Waals surface area contributed by atoms with Crippen molar-refractivity contribution in [2.45, 2.75) is 6.92 Å². The lowest BCUT2D eigenvalue weighted by Crippen LogP contribution is -1.95. The van der Waals surface area contributed by atoms with Gasteiger partial charge in [-0.2, -0.15) is 4.39 Å². The largest absolute Gasteiger partial charge is 0.475 e. The molecule has 0 aliphatic heterocycles. The summed E-state index contributed by atoms with van der Waals surface area (Å²) >= 11 is 3.04. The number of aromatic carboxylic acids is 1. The highest BCUT2D eigenvalue weighted by Gasteiger charge is 2.23. The molecule has 1 aromatic heterocycles. The minimum absolute atomic E-state index is 0.233. The van der Waals surface area contributed by atoms with Crippen LogP contribution in [0.3, 0.4) is 0 Å². The van der Waals surface area contributed by atoms with Gasteiger partial charge in [0.1, 0.15) is 0 Å². The maximum atomic E-state index is 13.4. The van der Waals surface area contributed by atoms with Crippen LogP contribution >= 0.6 is 15.9 Å². The first-order valence-electron chi connectivity index (χ1n) is 4.23. The fourth-order valence-electron chi connectivity index (χ4n) is 1.51. The Kier molecular flexibility index (Phi) is 2.46. The van der Waals surface area contributed by atoms with Crippen molar-refractivity contribution in [3.8, 4) is 0 Å². The quantitative estimate of drug-likeness (QED) is 0.818. The number of carbonyl (C=O) groups is 1. The van der Waals surface area contributed by atoms with Gasteiger partial charge in [0, 0.05) is 15.4 Å². The molecule has 0 fully saturated rings. The van der Waals surface area contributed by atoms with Crippen LogP contribution in [0.15, 0.2) is 15.0 Å². The molecule has 1 N–H and O–H groups in total. The highest BCUT2D eigenvalue weighted by molar-refractivity contribution is 9.10. The Labute approximate surface area is 96.8 Å². The summed E-state index contributed by atoms with van der Waals surface area (Å²) in [5.74, 6) is -3.99. The molecule has 1 heterocycles. The molecule has 0 bridgehead atoms. The summed E-state index contributed by atoms with van der Waals surface area (Å²) < 4.78 is 31.5. The molecule has 0 unspecified atom stereocenters. The predicted octanol–water partition coefficient (Wildman–Crippen LogP) is 3.48. The Morgan fingerprint density at radius 1 is 1.50 bits per heavy atom. The van der Waals surface area contributed by atoms with Crippen LogP contribution in [0, 0.1) is 18.6 Å². The molecule has 0 saturated carbocycles. The van der Waals surface area contributed by atoms with Gasteiger partial charge in [-0.25, -0.2) is 9.18 Å². The number of hydrogen-bond acceptors (Lipinski definition) is 2. The van der Waals surface area contributed by atoms with Gasteiger partial charge >= 0.3 is 5.97 Å². The summed E-state index contributed by atoms with van der Waals surface area (Å²) in [6.45, 7) is 1.47. The molecule has 0 radical (unpaired) electrons. The van der Waals surface area contributed by atoms with E-state index in [9.17, 15) is 13.6 Å². The Morgan fingerprint density at radius 2 is 2.12 bits per heavy atom. The third kappa shape index (κ3) is 1.41. The van der Waals surface area contributed by atoms with Gasteiger partial charge < -0.3 is 9.52 Å². The van der Waals surface area contributed by atoms with Crippen molar-refractivity contribution in [3.05, 3.63) is 33.5 Å². The number of hydrogen-bond donors (Lipinski definition) is 1. The predicted molar refractivity (Wildman–Crippen MR) is 55.5 cm³/mol. The average Bonchev–Trinajstić information content (AvgIpc) is 2.53. The summed E-state index contributed by atoms with van der Waals surface area (Å²) in [6, 6.07) is 0.936. The maximum absolute atomic E-state index is 13.4. The van der Waals surface area contributed by atoms with Crippen molar-refractivity contribution in [3.63, 3.8) is 0 Å². The van der Waals surface area contributed by atoms with Gasteiger partial charge in [-0.3, -0.25) is 0 Å². The second-order valence-corrected chi connectivity index (χ2v) is 4.07. The second kappa shape index (κ2) is 3.55. The van der Waals surface area contributed by atoms with Crippen LogP contribution in [0.1, 0.15) is 16.1 Å². The number of benzene rings is 1. The van der Waals surface area contributed by atoms with Crippen LogP contribution < -0.4 is 0 Å². The molecule has 1 aromatic carbocycles. The molecule has 16 heavy (non-hydrogen) atoms. The first kappa shape index (κ1) is 11.1. The van der Waals surface area contributed by atoms with Crippen molar-refractivity contribution in [1.29, 1.82) is 0 Å². The van der Waals surface area contributed by atoms with E-state index in [-0.39, 0.29) is 26.8 Å². The van der Waals surface area contributed by atoms with Gasteiger partial charge in [0.05, 0.1) is 0 Å². The molecular weight excluding hydrogens is 286 g/mol. The highest BCUT2D eigenvalue weighted by Crippen LogP contribution is 2.34. The van der Waals surface area contributed by atoms with Gasteiger partial charge in [-0.1, -0.05) is 0 Å². The van der Waals surface area contributed by atoms with E-state index < -0.39 is 17.6 Å². The molecular formula is C10H5BrF2O3. The summed E-state index contributed by atoms with van der Waals surface area (Å²) in [7, 11) is 0. The molecule has 0 aliphatic carbocycles. The number of fused-ring (bicyclic) bond motifs is 1. The topological polar surface area (TPSA) is 50.4 Å². The van der Waals surface area contributed by atoms with Crippen molar-refractivity contribution in [1.82, 2.24) is 0 Å². The van der Waals surface area contributed by atoms with E-state index in [4.69, 9.17) is 9.52 Å². The SMILES string of the molecule is Cc1c(C(=O)O)oc2c(F)c(F)cc(Br)c12. The number of carboxylic acid groups (broad SMARTS) is 1. The van der Waals surface area contributed by atoms with Crippen molar-refractivity contribution in [2.24, 2.45) is 0 Å². The molecule has 84 valence electrons. The van der Waals surface area contributed by atoms with Crippen LogP contribution in [0.25, 0.3) is 11.0 Å². The highest BCUT2D eigenvalue weighted by atomic mass is 79.9.